The number of likely N-dealkylation sites (tertiary alicyclic amines) is 1. The second kappa shape index (κ2) is 13.5. The van der Waals surface area contributed by atoms with Crippen molar-refractivity contribution in [1.82, 2.24) is 24.0 Å². The molecule has 2 aromatic heterocycles. The number of rotatable bonds is 8. The van der Waals surface area contributed by atoms with Gasteiger partial charge < -0.3 is 18.9 Å². The van der Waals surface area contributed by atoms with E-state index in [0.29, 0.717) is 36.9 Å². The summed E-state index contributed by atoms with van der Waals surface area (Å²) in [5.74, 6) is 0.358. The van der Waals surface area contributed by atoms with Crippen LogP contribution in [0.2, 0.25) is 0 Å². The van der Waals surface area contributed by atoms with Gasteiger partial charge in [-0.3, -0.25) is 14.3 Å². The minimum absolute atomic E-state index is 0.0259. The predicted octanol–water partition coefficient (Wildman–Crippen LogP) is 7.09. The third kappa shape index (κ3) is 6.07. The molecule has 2 amide bonds. The molecule has 11 nitrogen and oxygen atoms in total. The Balaban J connectivity index is 1.37. The van der Waals surface area contributed by atoms with Gasteiger partial charge in [-0.1, -0.05) is 25.3 Å². The summed E-state index contributed by atoms with van der Waals surface area (Å²) < 4.78 is 43.7. The van der Waals surface area contributed by atoms with E-state index in [2.05, 4.69) is 41.3 Å². The zero-order valence-electron chi connectivity index (χ0n) is 31.4. The highest BCUT2D eigenvalue weighted by Gasteiger charge is 2.43. The summed E-state index contributed by atoms with van der Waals surface area (Å²) in [5.41, 5.74) is 8.45. The van der Waals surface area contributed by atoms with Gasteiger partial charge in [0.25, 0.3) is 11.8 Å². The molecule has 1 aliphatic carbocycles. The third-order valence-corrected chi connectivity index (χ3v) is 13.4. The molecule has 2 atom stereocenters. The first-order valence-corrected chi connectivity index (χ1v) is 20.5. The van der Waals surface area contributed by atoms with Gasteiger partial charge in [-0.2, -0.15) is 5.10 Å². The highest BCUT2D eigenvalue weighted by atomic mass is 32.2. The molecule has 3 aliphatic heterocycles. The van der Waals surface area contributed by atoms with Gasteiger partial charge in [-0.05, 0) is 113 Å². The lowest BCUT2D eigenvalue weighted by molar-refractivity contribution is 0.0258. The number of aryl methyl sites for hydroxylation is 1. The van der Waals surface area contributed by atoms with Gasteiger partial charge >= 0.3 is 0 Å². The quantitative estimate of drug-likeness (QED) is 0.205. The molecule has 2 aromatic carbocycles. The number of methoxy groups -OCH3 is 1. The number of nitrogens with one attached hydrogen (secondary N) is 1. The molecule has 0 spiro atoms. The zero-order chi connectivity index (χ0) is 37.3. The number of morpholine rings is 1. The van der Waals surface area contributed by atoms with Crippen LogP contribution in [0.3, 0.4) is 0 Å². The number of ether oxygens (including phenoxy) is 2. The first-order valence-electron chi connectivity index (χ1n) is 19.0. The average Bonchev–Trinajstić information content (AvgIpc) is 3.91. The maximum Gasteiger partial charge on any atom is 0.264 e. The van der Waals surface area contributed by atoms with Gasteiger partial charge in [0.15, 0.2) is 0 Å². The summed E-state index contributed by atoms with van der Waals surface area (Å²) in [7, 11) is -2.17. The van der Waals surface area contributed by atoms with Crippen molar-refractivity contribution in [3.05, 3.63) is 70.0 Å². The maximum absolute atomic E-state index is 14.6. The number of hydrogen-bond donors (Lipinski definition) is 1. The number of benzene rings is 2. The van der Waals surface area contributed by atoms with Crippen molar-refractivity contribution in [2.45, 2.75) is 109 Å². The smallest absolute Gasteiger partial charge is 0.264 e. The number of aromatic nitrogens is 3. The van der Waals surface area contributed by atoms with Crippen molar-refractivity contribution in [2.24, 2.45) is 0 Å². The van der Waals surface area contributed by atoms with E-state index in [4.69, 9.17) is 14.6 Å². The molecule has 5 heterocycles. The molecule has 0 unspecified atom stereocenters. The second-order valence-corrected chi connectivity index (χ2v) is 17.9. The van der Waals surface area contributed by atoms with Crippen molar-refractivity contribution in [3.8, 4) is 17.0 Å². The van der Waals surface area contributed by atoms with E-state index < -0.39 is 21.2 Å². The van der Waals surface area contributed by atoms with Crippen molar-refractivity contribution in [3.63, 3.8) is 0 Å². The largest absolute Gasteiger partial charge is 0.497 e. The van der Waals surface area contributed by atoms with Crippen molar-refractivity contribution >= 4 is 44.4 Å². The van der Waals surface area contributed by atoms with Crippen LogP contribution in [-0.2, 0) is 21.3 Å². The third-order valence-electron chi connectivity index (χ3n) is 11.7. The number of amides is 2. The molecule has 0 radical (unpaired) electrons. The number of fused-ring (bicyclic) bond motifs is 7. The molecule has 8 rings (SSSR count). The van der Waals surface area contributed by atoms with Crippen molar-refractivity contribution in [1.29, 1.82) is 0 Å². The molecule has 2 saturated heterocycles. The van der Waals surface area contributed by atoms with Crippen LogP contribution < -0.4 is 9.46 Å². The number of nitrogens with zero attached hydrogens (tertiary/aromatic N) is 4. The molecule has 4 aliphatic rings. The molecule has 1 saturated carbocycles. The Morgan fingerprint density at radius 1 is 1.02 bits per heavy atom. The lowest BCUT2D eigenvalue weighted by atomic mass is 9.81. The number of hydrogen-bond acceptors (Lipinski definition) is 7. The van der Waals surface area contributed by atoms with E-state index in [0.717, 1.165) is 76.8 Å². The number of carbonyl (C=O) groups excluding carboxylic acids is 2. The number of allylic oxidation sites excluding steroid dienone is 1. The van der Waals surface area contributed by atoms with E-state index in [1.54, 1.807) is 27.0 Å². The van der Waals surface area contributed by atoms with Gasteiger partial charge in [0.05, 0.1) is 60.3 Å². The van der Waals surface area contributed by atoms with Gasteiger partial charge in [-0.25, -0.2) is 13.1 Å². The molecular weight excluding hydrogens is 691 g/mol. The van der Waals surface area contributed by atoms with Gasteiger partial charge in [0.2, 0.25) is 10.0 Å². The summed E-state index contributed by atoms with van der Waals surface area (Å²) >= 11 is 0. The molecule has 2 bridgehead atoms. The summed E-state index contributed by atoms with van der Waals surface area (Å²) in [4.78, 5) is 30.1. The van der Waals surface area contributed by atoms with E-state index >= 15 is 0 Å². The highest BCUT2D eigenvalue weighted by molar-refractivity contribution is 7.90. The molecule has 12 heteroatoms. The monoisotopic (exact) mass is 739 g/mol. The highest BCUT2D eigenvalue weighted by Crippen LogP contribution is 2.48. The topological polar surface area (TPSA) is 125 Å². The van der Waals surface area contributed by atoms with E-state index in [9.17, 15) is 18.0 Å². The molecule has 53 heavy (non-hydrogen) atoms. The normalized spacial score (nSPS) is 20.2. The lowest BCUT2D eigenvalue weighted by Gasteiger charge is -2.27. The predicted molar refractivity (Wildman–Crippen MR) is 206 cm³/mol. The second-order valence-electron chi connectivity index (χ2n) is 15.7. The summed E-state index contributed by atoms with van der Waals surface area (Å²) in [6.45, 7) is 10.7. The van der Waals surface area contributed by atoms with Crippen LogP contribution in [0.25, 0.3) is 33.8 Å². The summed E-state index contributed by atoms with van der Waals surface area (Å²) in [5, 5.41) is 5.29. The number of carbonyl (C=O) groups is 2. The van der Waals surface area contributed by atoms with E-state index in [1.165, 1.54) is 12.0 Å². The van der Waals surface area contributed by atoms with Crippen LogP contribution >= 0.6 is 0 Å². The SMILES string of the molecule is COc1ccc2c(c1)C=C(c1c(C(=O)N3C[C@@H]4C[C@H]3CO4)c(C)nn1C(C)C)Cn1c-2c(C2CCCCC2)c2ccc(C(=O)NS(=O)(=O)C(C)C)cc21. The van der Waals surface area contributed by atoms with Crippen LogP contribution in [0.1, 0.15) is 121 Å². The van der Waals surface area contributed by atoms with E-state index in [1.807, 2.05) is 34.7 Å². The zero-order valence-corrected chi connectivity index (χ0v) is 32.3. The summed E-state index contributed by atoms with van der Waals surface area (Å²) in [6.07, 6.45) is 8.72. The number of sulfonamides is 1. The molecule has 280 valence electrons. The minimum atomic E-state index is -3.84. The first-order chi connectivity index (χ1) is 25.4. The van der Waals surface area contributed by atoms with Gasteiger partial charge in [0.1, 0.15) is 5.75 Å². The molecule has 4 aromatic rings. The maximum atomic E-state index is 14.6. The van der Waals surface area contributed by atoms with Gasteiger partial charge in [-0.15, -0.1) is 0 Å². The lowest BCUT2D eigenvalue weighted by Crippen LogP contribution is -2.42. The first kappa shape index (κ1) is 35.6. The Labute approximate surface area is 311 Å². The Morgan fingerprint density at radius 3 is 2.45 bits per heavy atom. The van der Waals surface area contributed by atoms with Crippen LogP contribution in [0.4, 0.5) is 0 Å². The molecule has 1 N–H and O–H groups in total. The van der Waals surface area contributed by atoms with Crippen LogP contribution in [0.5, 0.6) is 5.75 Å². The fourth-order valence-electron chi connectivity index (χ4n) is 8.91. The minimum Gasteiger partial charge on any atom is -0.497 e. The Hall–Kier alpha value is -4.42. The molecule has 3 fully saturated rings. The van der Waals surface area contributed by atoms with Crippen molar-refractivity contribution < 1.29 is 27.5 Å². The Bertz CT molecular complexity index is 2280. The Kier molecular flexibility index (Phi) is 9.04. The Morgan fingerprint density at radius 2 is 1.79 bits per heavy atom. The van der Waals surface area contributed by atoms with Crippen LogP contribution in [0, 0.1) is 6.92 Å². The fraction of sp³-hybridized carbons (Fsp3) is 0.488. The summed E-state index contributed by atoms with van der Waals surface area (Å²) in [6, 6.07) is 11.8. The van der Waals surface area contributed by atoms with Crippen LogP contribution in [-0.4, -0.2) is 77.1 Å². The van der Waals surface area contributed by atoms with Crippen molar-refractivity contribution in [2.75, 3.05) is 20.3 Å². The standard InChI is InChI=1S/C41H49N5O6S/c1-23(2)46-38(36(25(5)42-46)41(48)44-21-32-19-30(44)22-52-32)29-16-28-17-31(51-6)13-15-33(28)39-37(26-10-8-7-9-11-26)34-14-12-27(18-35(34)45(39)20-29)40(47)43-53(49,50)24(3)4/h12-18,23-24,26,30,32H,7-11,19-22H2,1-6H3,(H,43,47)/t30-,32-/m0/s1. The van der Waals surface area contributed by atoms with E-state index in [-0.39, 0.29) is 29.7 Å². The molecular formula is C41H49N5O6S. The fourth-order valence-corrected chi connectivity index (χ4v) is 9.52. The van der Waals surface area contributed by atoms with Crippen LogP contribution in [0.15, 0.2) is 36.4 Å². The average molecular weight is 740 g/mol. The van der Waals surface area contributed by atoms with Gasteiger partial charge in [0, 0.05) is 34.6 Å².